The smallest absolute Gasteiger partial charge is 0.328 e. The first kappa shape index (κ1) is 20.4. The van der Waals surface area contributed by atoms with Gasteiger partial charge in [-0.2, -0.15) is 0 Å². The Bertz CT molecular complexity index is 610. The molecule has 0 fully saturated rings. The summed E-state index contributed by atoms with van der Waals surface area (Å²) in [5, 5.41) is 0. The van der Waals surface area contributed by atoms with Crippen molar-refractivity contribution in [1.29, 1.82) is 0 Å². The Morgan fingerprint density at radius 1 is 1.25 bits per heavy atom. The van der Waals surface area contributed by atoms with Gasteiger partial charge in [0.1, 0.15) is 17.5 Å². The normalized spacial score (nSPS) is 14.0. The number of nitrogens with one attached hydrogen (secondary N) is 1. The van der Waals surface area contributed by atoms with Crippen LogP contribution in [-0.2, 0) is 20.5 Å². The number of methoxy groups -OCH3 is 2. The Balaban J connectivity index is 3.37. The number of hydrogen-bond acceptors (Lipinski definition) is 5. The first-order valence-corrected chi connectivity index (χ1v) is 8.88. The molecule has 0 heterocycles. The number of benzene rings is 1. The van der Waals surface area contributed by atoms with Gasteiger partial charge in [0.15, 0.2) is 0 Å². The van der Waals surface area contributed by atoms with Gasteiger partial charge >= 0.3 is 5.97 Å². The lowest BCUT2D eigenvalue weighted by molar-refractivity contribution is -0.145. The van der Waals surface area contributed by atoms with E-state index in [-0.39, 0.29) is 6.61 Å². The molecule has 7 heteroatoms. The largest absolute Gasteiger partial charge is 0.496 e. The van der Waals surface area contributed by atoms with Crippen LogP contribution < -0.4 is 14.2 Å². The monoisotopic (exact) mass is 357 g/mol. The quantitative estimate of drug-likeness (QED) is 0.760. The standard InChI is InChI=1S/C17H27NO5S/c1-8-23-16(19)14(18-24(20)17(3,4)5)12-9-10-13(21-6)11(2)15(12)22-7/h9-10,14,18H,8H2,1-7H3/t14-,24-/m1/s1. The van der Waals surface area contributed by atoms with Crippen LogP contribution in [0.25, 0.3) is 0 Å². The number of hydrogen-bond donors (Lipinski definition) is 1. The maximum atomic E-state index is 12.5. The third kappa shape index (κ3) is 4.70. The van der Waals surface area contributed by atoms with Gasteiger partial charge in [0.2, 0.25) is 0 Å². The van der Waals surface area contributed by atoms with E-state index in [1.807, 2.05) is 27.7 Å². The number of rotatable bonds is 7. The van der Waals surface area contributed by atoms with E-state index in [1.165, 1.54) is 7.11 Å². The minimum absolute atomic E-state index is 0.233. The molecule has 0 aliphatic carbocycles. The second-order valence-electron chi connectivity index (χ2n) is 6.20. The van der Waals surface area contributed by atoms with Crippen molar-refractivity contribution in [2.24, 2.45) is 0 Å². The topological polar surface area (TPSA) is 73.9 Å². The second-order valence-corrected chi connectivity index (χ2v) is 8.20. The summed E-state index contributed by atoms with van der Waals surface area (Å²) >= 11 is 0. The van der Waals surface area contributed by atoms with Gasteiger partial charge in [0.05, 0.1) is 36.6 Å². The summed E-state index contributed by atoms with van der Waals surface area (Å²) in [6.07, 6.45) is 0. The first-order chi connectivity index (χ1) is 11.2. The molecule has 0 aromatic heterocycles. The highest BCUT2D eigenvalue weighted by molar-refractivity contribution is 7.84. The summed E-state index contributed by atoms with van der Waals surface area (Å²) in [5.74, 6) is 0.652. The Morgan fingerprint density at radius 3 is 2.33 bits per heavy atom. The van der Waals surface area contributed by atoms with Crippen LogP contribution in [0.1, 0.15) is 44.9 Å². The summed E-state index contributed by atoms with van der Waals surface area (Å²) in [6.45, 7) is 9.28. The molecule has 0 saturated heterocycles. The predicted octanol–water partition coefficient (Wildman–Crippen LogP) is 2.67. The Labute approximate surface area is 146 Å². The zero-order chi connectivity index (χ0) is 18.5. The SMILES string of the molecule is CCOC(=O)[C@H](N[S@](=O)C(C)(C)C)c1ccc(OC)c(C)c1OC. The number of ether oxygens (including phenoxy) is 3. The maximum Gasteiger partial charge on any atom is 0.328 e. The number of esters is 1. The molecule has 0 saturated carbocycles. The van der Waals surface area contributed by atoms with Gasteiger partial charge in [-0.1, -0.05) is 0 Å². The van der Waals surface area contributed by atoms with E-state index in [1.54, 1.807) is 26.2 Å². The molecule has 6 nitrogen and oxygen atoms in total. The second kappa shape index (κ2) is 8.48. The fourth-order valence-corrected chi connectivity index (χ4v) is 2.95. The Morgan fingerprint density at radius 2 is 1.88 bits per heavy atom. The van der Waals surface area contributed by atoms with Crippen LogP contribution in [0.4, 0.5) is 0 Å². The molecule has 0 aliphatic rings. The average Bonchev–Trinajstić information content (AvgIpc) is 2.51. The van der Waals surface area contributed by atoms with Crippen LogP contribution in [0.15, 0.2) is 12.1 Å². The van der Waals surface area contributed by atoms with Crippen molar-refractivity contribution >= 4 is 17.0 Å². The van der Waals surface area contributed by atoms with Crippen LogP contribution in [0.2, 0.25) is 0 Å². The number of carbonyl (C=O) groups is 1. The van der Waals surface area contributed by atoms with E-state index < -0.39 is 27.7 Å². The minimum Gasteiger partial charge on any atom is -0.496 e. The van der Waals surface area contributed by atoms with Crippen molar-refractivity contribution in [3.63, 3.8) is 0 Å². The lowest BCUT2D eigenvalue weighted by Crippen LogP contribution is -2.39. The molecule has 1 aromatic rings. The van der Waals surface area contributed by atoms with Crippen LogP contribution in [0, 0.1) is 6.92 Å². The third-order valence-electron chi connectivity index (χ3n) is 3.43. The molecule has 1 aromatic carbocycles. The molecule has 1 N–H and O–H groups in total. The maximum absolute atomic E-state index is 12.5. The molecular formula is C17H27NO5S. The molecule has 0 spiro atoms. The predicted molar refractivity (Wildman–Crippen MR) is 94.7 cm³/mol. The molecule has 0 amide bonds. The van der Waals surface area contributed by atoms with Gasteiger partial charge in [0.25, 0.3) is 0 Å². The van der Waals surface area contributed by atoms with E-state index >= 15 is 0 Å². The summed E-state index contributed by atoms with van der Waals surface area (Å²) in [7, 11) is 1.63. The number of carbonyl (C=O) groups excluding carboxylic acids is 1. The summed E-state index contributed by atoms with van der Waals surface area (Å²) < 4.78 is 30.7. The van der Waals surface area contributed by atoms with Gasteiger partial charge in [-0.25, -0.2) is 13.7 Å². The fourth-order valence-electron chi connectivity index (χ4n) is 2.16. The van der Waals surface area contributed by atoms with Gasteiger partial charge in [-0.3, -0.25) is 0 Å². The summed E-state index contributed by atoms with van der Waals surface area (Å²) in [4.78, 5) is 12.4. The van der Waals surface area contributed by atoms with Crippen LogP contribution in [-0.4, -0.2) is 35.8 Å². The average molecular weight is 357 g/mol. The van der Waals surface area contributed by atoms with Gasteiger partial charge < -0.3 is 14.2 Å². The molecule has 0 aliphatic heterocycles. The Kier molecular flexibility index (Phi) is 7.23. The van der Waals surface area contributed by atoms with Crippen molar-refractivity contribution in [3.8, 4) is 11.5 Å². The van der Waals surface area contributed by atoms with Crippen LogP contribution in [0.3, 0.4) is 0 Å². The highest BCUT2D eigenvalue weighted by Crippen LogP contribution is 2.35. The molecule has 2 atom stereocenters. The van der Waals surface area contributed by atoms with Gasteiger partial charge in [0, 0.05) is 11.1 Å². The van der Waals surface area contributed by atoms with Crippen molar-refractivity contribution in [3.05, 3.63) is 23.3 Å². The lowest BCUT2D eigenvalue weighted by Gasteiger charge is -2.25. The Hall–Kier alpha value is -1.60. The molecule has 1 rings (SSSR count). The van der Waals surface area contributed by atoms with E-state index in [4.69, 9.17) is 14.2 Å². The molecule has 0 bridgehead atoms. The highest BCUT2D eigenvalue weighted by atomic mass is 32.2. The zero-order valence-corrected chi connectivity index (χ0v) is 16.2. The van der Waals surface area contributed by atoms with E-state index in [0.717, 1.165) is 5.56 Å². The molecular weight excluding hydrogens is 330 g/mol. The van der Waals surface area contributed by atoms with Crippen LogP contribution >= 0.6 is 0 Å². The van der Waals surface area contributed by atoms with Crippen molar-refractivity contribution in [2.75, 3.05) is 20.8 Å². The van der Waals surface area contributed by atoms with Gasteiger partial charge in [-0.05, 0) is 46.8 Å². The zero-order valence-electron chi connectivity index (χ0n) is 15.4. The summed E-state index contributed by atoms with van der Waals surface area (Å²) in [5.41, 5.74) is 1.32. The first-order valence-electron chi connectivity index (χ1n) is 7.73. The minimum atomic E-state index is -1.45. The van der Waals surface area contributed by atoms with Crippen molar-refractivity contribution in [1.82, 2.24) is 4.72 Å². The summed E-state index contributed by atoms with van der Waals surface area (Å²) in [6, 6.07) is 2.57. The van der Waals surface area contributed by atoms with Crippen molar-refractivity contribution in [2.45, 2.75) is 45.4 Å². The molecule has 136 valence electrons. The third-order valence-corrected chi connectivity index (χ3v) is 4.99. The van der Waals surface area contributed by atoms with E-state index in [2.05, 4.69) is 4.72 Å². The molecule has 24 heavy (non-hydrogen) atoms. The lowest BCUT2D eigenvalue weighted by atomic mass is 10.0. The van der Waals surface area contributed by atoms with Crippen LogP contribution in [0.5, 0.6) is 11.5 Å². The van der Waals surface area contributed by atoms with Crippen molar-refractivity contribution < 1.29 is 23.2 Å². The van der Waals surface area contributed by atoms with E-state index in [9.17, 15) is 9.00 Å². The van der Waals surface area contributed by atoms with Gasteiger partial charge in [-0.15, -0.1) is 0 Å². The van der Waals surface area contributed by atoms with E-state index in [0.29, 0.717) is 17.1 Å². The highest BCUT2D eigenvalue weighted by Gasteiger charge is 2.31. The molecule has 0 radical (unpaired) electrons. The molecule has 0 unspecified atom stereocenters. The fraction of sp³-hybridized carbons (Fsp3) is 0.588.